The van der Waals surface area contributed by atoms with E-state index in [2.05, 4.69) is 285 Å². The molecular formula is C78H53N. The van der Waals surface area contributed by atoms with Gasteiger partial charge in [0, 0.05) is 27.5 Å². The SMILES string of the molecule is CC1(C)c2ccccc2-c2ccc(C(Cc3cccc4ccccc34)c3ccc4c5ccccc5n(-c5cc6cccc(-c7ccc8c(c7)-c7ccccc7C87c8ccccc8-c8ccccc87)c6c6ccccc56)c4c3)cc21. The summed E-state index contributed by atoms with van der Waals surface area (Å²) >= 11 is 0. The van der Waals surface area contributed by atoms with Crippen molar-refractivity contribution in [2.24, 2.45) is 0 Å². The Morgan fingerprint density at radius 2 is 0.848 bits per heavy atom. The van der Waals surface area contributed by atoms with Gasteiger partial charge in [-0.25, -0.2) is 0 Å². The molecule has 0 bridgehead atoms. The maximum absolute atomic E-state index is 2.57. The molecule has 0 aliphatic heterocycles. The first-order valence-corrected chi connectivity index (χ1v) is 28.1. The quantitative estimate of drug-likeness (QED) is 0.146. The van der Waals surface area contributed by atoms with E-state index in [0.29, 0.717) is 0 Å². The second-order valence-electron chi connectivity index (χ2n) is 23.0. The van der Waals surface area contributed by atoms with Crippen LogP contribution in [0.3, 0.4) is 0 Å². The van der Waals surface area contributed by atoms with E-state index in [4.69, 9.17) is 0 Å². The molecule has 17 rings (SSSR count). The van der Waals surface area contributed by atoms with Gasteiger partial charge < -0.3 is 4.57 Å². The lowest BCUT2D eigenvalue weighted by Crippen LogP contribution is -2.25. The fourth-order valence-corrected chi connectivity index (χ4v) is 15.4. The third kappa shape index (κ3) is 6.11. The van der Waals surface area contributed by atoms with E-state index in [1.54, 1.807) is 0 Å². The maximum Gasteiger partial charge on any atom is 0.0725 e. The van der Waals surface area contributed by atoms with Gasteiger partial charge in [0.1, 0.15) is 0 Å². The number of para-hydroxylation sites is 1. The highest BCUT2D eigenvalue weighted by atomic mass is 15.0. The molecule has 1 heterocycles. The summed E-state index contributed by atoms with van der Waals surface area (Å²) in [5.41, 5.74) is 25.9. The predicted octanol–water partition coefficient (Wildman–Crippen LogP) is 19.9. The van der Waals surface area contributed by atoms with Crippen molar-refractivity contribution in [3.63, 3.8) is 0 Å². The van der Waals surface area contributed by atoms with Crippen LogP contribution in [-0.2, 0) is 17.3 Å². The summed E-state index contributed by atoms with van der Waals surface area (Å²) in [6.07, 6.45) is 0.872. The van der Waals surface area contributed by atoms with Crippen LogP contribution in [0.15, 0.2) is 267 Å². The summed E-state index contributed by atoms with van der Waals surface area (Å²) in [4.78, 5) is 0. The van der Waals surface area contributed by atoms with Gasteiger partial charge in [-0.2, -0.15) is 0 Å². The highest BCUT2D eigenvalue weighted by Crippen LogP contribution is 2.63. The van der Waals surface area contributed by atoms with Gasteiger partial charge in [-0.1, -0.05) is 257 Å². The molecule has 1 aromatic heterocycles. The molecule has 13 aromatic carbocycles. The molecule has 1 atom stereocenters. The number of aromatic nitrogens is 1. The third-order valence-electron chi connectivity index (χ3n) is 18.8. The first-order chi connectivity index (χ1) is 38.9. The smallest absolute Gasteiger partial charge is 0.0725 e. The summed E-state index contributed by atoms with van der Waals surface area (Å²) in [7, 11) is 0. The molecule has 3 aliphatic rings. The van der Waals surface area contributed by atoms with Gasteiger partial charge in [-0.3, -0.25) is 0 Å². The Kier molecular flexibility index (Phi) is 9.29. The molecule has 370 valence electrons. The molecule has 0 N–H and O–H groups in total. The molecule has 1 nitrogen and oxygen atoms in total. The lowest BCUT2D eigenvalue weighted by Gasteiger charge is -2.30. The average Bonchev–Trinajstić information content (AvgIpc) is 2.84. The normalized spacial score (nSPS) is 14.4. The second kappa shape index (κ2) is 16.5. The molecule has 14 aromatic rings. The summed E-state index contributed by atoms with van der Waals surface area (Å²) in [6, 6.07) is 102. The molecule has 0 amide bonds. The fourth-order valence-electron chi connectivity index (χ4n) is 15.4. The first-order valence-electron chi connectivity index (χ1n) is 28.1. The van der Waals surface area contributed by atoms with Crippen molar-refractivity contribution in [2.75, 3.05) is 0 Å². The Bertz CT molecular complexity index is 4870. The van der Waals surface area contributed by atoms with Gasteiger partial charge in [0.2, 0.25) is 0 Å². The Balaban J connectivity index is 0.856. The number of rotatable bonds is 6. The number of benzene rings is 13. The minimum absolute atomic E-state index is 0.0923. The summed E-state index contributed by atoms with van der Waals surface area (Å²) in [6.45, 7) is 4.80. The molecule has 1 spiro atoms. The number of hydrogen-bond acceptors (Lipinski definition) is 0. The van der Waals surface area contributed by atoms with Crippen LogP contribution < -0.4 is 0 Å². The van der Waals surface area contributed by atoms with E-state index in [9.17, 15) is 0 Å². The van der Waals surface area contributed by atoms with Gasteiger partial charge >= 0.3 is 0 Å². The van der Waals surface area contributed by atoms with E-state index >= 15 is 0 Å². The highest BCUT2D eigenvalue weighted by Gasteiger charge is 2.51. The van der Waals surface area contributed by atoms with Gasteiger partial charge in [0.25, 0.3) is 0 Å². The highest BCUT2D eigenvalue weighted by molar-refractivity contribution is 6.19. The zero-order chi connectivity index (χ0) is 52.1. The van der Waals surface area contributed by atoms with Gasteiger partial charge in [-0.15, -0.1) is 0 Å². The molecule has 1 heteroatoms. The number of fused-ring (bicyclic) bond motifs is 20. The summed E-state index contributed by atoms with van der Waals surface area (Å²) in [5.74, 6) is 0.0923. The van der Waals surface area contributed by atoms with Crippen molar-refractivity contribution in [3.05, 3.63) is 317 Å². The topological polar surface area (TPSA) is 4.93 Å². The van der Waals surface area contributed by atoms with Crippen LogP contribution in [0.4, 0.5) is 0 Å². The minimum Gasteiger partial charge on any atom is -0.309 e. The van der Waals surface area contributed by atoms with Crippen LogP contribution in [0.1, 0.15) is 69.8 Å². The maximum atomic E-state index is 2.57. The van der Waals surface area contributed by atoms with E-state index < -0.39 is 0 Å². The van der Waals surface area contributed by atoms with E-state index in [-0.39, 0.29) is 16.7 Å². The number of nitrogens with zero attached hydrogens (tertiary/aromatic N) is 1. The van der Waals surface area contributed by atoms with E-state index in [1.165, 1.54) is 154 Å². The lowest BCUT2D eigenvalue weighted by atomic mass is 9.70. The molecule has 3 aliphatic carbocycles. The molecule has 79 heavy (non-hydrogen) atoms. The Labute approximate surface area is 460 Å². The average molecular weight is 1000 g/mol. The van der Waals surface area contributed by atoms with Crippen LogP contribution >= 0.6 is 0 Å². The monoisotopic (exact) mass is 1000 g/mol. The number of hydrogen-bond donors (Lipinski definition) is 0. The first kappa shape index (κ1) is 44.6. The van der Waals surface area contributed by atoms with E-state index in [1.807, 2.05) is 0 Å². The third-order valence-corrected chi connectivity index (χ3v) is 18.8. The Morgan fingerprint density at radius 3 is 1.61 bits per heavy atom. The fraction of sp³-hybridized carbons (Fsp3) is 0.0769. The van der Waals surface area contributed by atoms with Crippen molar-refractivity contribution in [2.45, 2.75) is 37.0 Å². The molecular weight excluding hydrogens is 951 g/mol. The molecule has 0 saturated heterocycles. The van der Waals surface area contributed by atoms with Crippen molar-refractivity contribution in [3.8, 4) is 50.2 Å². The summed E-state index contributed by atoms with van der Waals surface area (Å²) < 4.78 is 2.57. The second-order valence-corrected chi connectivity index (χ2v) is 23.0. The molecule has 1 unspecified atom stereocenters. The van der Waals surface area contributed by atoms with Crippen LogP contribution in [0, 0.1) is 0 Å². The van der Waals surface area contributed by atoms with Gasteiger partial charge in [-0.05, 0) is 152 Å². The van der Waals surface area contributed by atoms with E-state index in [0.717, 1.165) is 6.42 Å². The Hall–Kier alpha value is -9.56. The largest absolute Gasteiger partial charge is 0.309 e. The van der Waals surface area contributed by atoms with Crippen LogP contribution in [-0.4, -0.2) is 4.57 Å². The van der Waals surface area contributed by atoms with Crippen LogP contribution in [0.25, 0.3) is 104 Å². The standard InChI is InChI=1S/C78H53N/c1-77(2)67-32-12-7-24-56(67)60-40-37-51(45-72(60)77)65(43-49-21-17-20-48-19-3-4-23-54(48)49)52-38-41-63-61-28-11-16-36-73(61)79(74(63)46-52)75-47-53-22-18-31-55(76(53)64-30-6-5-29-62(64)75)50-39-42-71-66(44-50)59-27-10-15-35-70(59)78(71)68-33-13-8-25-57(68)58-26-9-14-34-69(58)78/h3-42,44-47,65H,43H2,1-2H3. The molecule has 0 fully saturated rings. The minimum atomic E-state index is -0.374. The van der Waals surface area contributed by atoms with Crippen LogP contribution in [0.5, 0.6) is 0 Å². The van der Waals surface area contributed by atoms with Crippen LogP contribution in [0.2, 0.25) is 0 Å². The summed E-state index contributed by atoms with van der Waals surface area (Å²) in [5, 5.41) is 10.1. The molecule has 0 radical (unpaired) electrons. The van der Waals surface area contributed by atoms with Gasteiger partial charge in [0.05, 0.1) is 22.1 Å². The zero-order valence-electron chi connectivity index (χ0n) is 44.1. The van der Waals surface area contributed by atoms with Crippen molar-refractivity contribution in [1.29, 1.82) is 0 Å². The Morgan fingerprint density at radius 1 is 0.329 bits per heavy atom. The predicted molar refractivity (Wildman–Crippen MR) is 331 cm³/mol. The zero-order valence-corrected chi connectivity index (χ0v) is 44.1. The van der Waals surface area contributed by atoms with Crippen molar-refractivity contribution >= 4 is 54.1 Å². The van der Waals surface area contributed by atoms with Crippen molar-refractivity contribution < 1.29 is 0 Å². The lowest BCUT2D eigenvalue weighted by molar-refractivity contribution is 0.657. The van der Waals surface area contributed by atoms with Gasteiger partial charge in [0.15, 0.2) is 0 Å². The molecule has 0 saturated carbocycles. The van der Waals surface area contributed by atoms with Crippen molar-refractivity contribution in [1.82, 2.24) is 4.57 Å².